The lowest BCUT2D eigenvalue weighted by atomic mass is 10.1. The van der Waals surface area contributed by atoms with E-state index in [2.05, 4.69) is 15.6 Å². The summed E-state index contributed by atoms with van der Waals surface area (Å²) in [6, 6.07) is 15.6. The van der Waals surface area contributed by atoms with E-state index < -0.39 is 5.82 Å². The number of amides is 2. The lowest BCUT2D eigenvalue weighted by molar-refractivity contribution is 0.0949. The van der Waals surface area contributed by atoms with Gasteiger partial charge in [0.15, 0.2) is 0 Å². The molecule has 2 amide bonds. The highest BCUT2D eigenvalue weighted by Crippen LogP contribution is 2.16. The molecule has 0 aliphatic rings. The zero-order valence-corrected chi connectivity index (χ0v) is 16.1. The van der Waals surface area contributed by atoms with E-state index in [9.17, 15) is 14.0 Å². The van der Waals surface area contributed by atoms with Crippen LogP contribution in [0.25, 0.3) is 0 Å². The zero-order chi connectivity index (χ0) is 20.8. The summed E-state index contributed by atoms with van der Waals surface area (Å²) in [4.78, 5) is 31.0. The molecule has 0 atom stereocenters. The zero-order valence-electron chi connectivity index (χ0n) is 16.1. The molecule has 1 aromatic heterocycles. The van der Waals surface area contributed by atoms with Crippen LogP contribution in [0.2, 0.25) is 0 Å². The highest BCUT2D eigenvalue weighted by atomic mass is 19.1. The third kappa shape index (κ3) is 5.16. The molecule has 0 bridgehead atoms. The summed E-state index contributed by atoms with van der Waals surface area (Å²) in [5, 5.41) is 5.58. The standard InChI is InChI=1S/C22H21FN4O2/c1-27(2)20-17(6-4-12-24-20)14-25-21(28)16-5-3-7-19(13-16)26-22(29)15-8-10-18(23)11-9-15/h3-13H,14H2,1-2H3,(H,25,28)(H,26,29). The molecule has 148 valence electrons. The van der Waals surface area contributed by atoms with Crippen LogP contribution in [0.3, 0.4) is 0 Å². The number of rotatable bonds is 6. The number of pyridine rings is 1. The van der Waals surface area contributed by atoms with Crippen LogP contribution in [0.4, 0.5) is 15.9 Å². The summed E-state index contributed by atoms with van der Waals surface area (Å²) in [7, 11) is 3.78. The lowest BCUT2D eigenvalue weighted by Crippen LogP contribution is -2.24. The fourth-order valence-corrected chi connectivity index (χ4v) is 2.79. The summed E-state index contributed by atoms with van der Waals surface area (Å²) in [5.41, 5.74) is 2.11. The van der Waals surface area contributed by atoms with Crippen molar-refractivity contribution < 1.29 is 14.0 Å². The number of carbonyl (C=O) groups is 2. The molecule has 0 aliphatic carbocycles. The quantitative estimate of drug-likeness (QED) is 0.674. The number of hydrogen-bond acceptors (Lipinski definition) is 4. The largest absolute Gasteiger partial charge is 0.362 e. The first-order chi connectivity index (χ1) is 13.9. The monoisotopic (exact) mass is 392 g/mol. The highest BCUT2D eigenvalue weighted by molar-refractivity contribution is 6.05. The minimum Gasteiger partial charge on any atom is -0.362 e. The SMILES string of the molecule is CN(C)c1ncccc1CNC(=O)c1cccc(NC(=O)c2ccc(F)cc2)c1. The average Bonchev–Trinajstić information content (AvgIpc) is 2.72. The van der Waals surface area contributed by atoms with Gasteiger partial charge in [0.05, 0.1) is 0 Å². The number of aromatic nitrogens is 1. The molecule has 0 fully saturated rings. The first kappa shape index (κ1) is 20.0. The molecule has 0 aliphatic heterocycles. The maximum absolute atomic E-state index is 13.0. The average molecular weight is 392 g/mol. The van der Waals surface area contributed by atoms with Gasteiger partial charge in [0, 0.05) is 49.2 Å². The molecule has 2 aromatic carbocycles. The van der Waals surface area contributed by atoms with Crippen molar-refractivity contribution in [2.24, 2.45) is 0 Å². The normalized spacial score (nSPS) is 10.3. The number of nitrogens with zero attached hydrogens (tertiary/aromatic N) is 2. The smallest absolute Gasteiger partial charge is 0.255 e. The van der Waals surface area contributed by atoms with Crippen LogP contribution in [0.15, 0.2) is 66.9 Å². The van der Waals surface area contributed by atoms with Gasteiger partial charge in [-0.1, -0.05) is 12.1 Å². The molecule has 0 saturated carbocycles. The first-order valence-electron chi connectivity index (χ1n) is 9.00. The molecule has 29 heavy (non-hydrogen) atoms. The Hall–Kier alpha value is -3.74. The van der Waals surface area contributed by atoms with E-state index in [1.807, 2.05) is 31.1 Å². The number of carbonyl (C=O) groups excluding carboxylic acids is 2. The second kappa shape index (κ2) is 8.97. The van der Waals surface area contributed by atoms with Crippen molar-refractivity contribution in [3.8, 4) is 0 Å². The van der Waals surface area contributed by atoms with Gasteiger partial charge in [-0.25, -0.2) is 9.37 Å². The van der Waals surface area contributed by atoms with Gasteiger partial charge in [-0.05, 0) is 48.5 Å². The van der Waals surface area contributed by atoms with Crippen LogP contribution < -0.4 is 15.5 Å². The van der Waals surface area contributed by atoms with E-state index in [4.69, 9.17) is 0 Å². The number of benzene rings is 2. The van der Waals surface area contributed by atoms with Gasteiger partial charge in [0.25, 0.3) is 11.8 Å². The van der Waals surface area contributed by atoms with E-state index in [0.29, 0.717) is 23.4 Å². The molecule has 7 heteroatoms. The molecule has 2 N–H and O–H groups in total. The van der Waals surface area contributed by atoms with Crippen LogP contribution in [-0.2, 0) is 6.54 Å². The van der Waals surface area contributed by atoms with Crippen molar-refractivity contribution in [1.82, 2.24) is 10.3 Å². The maximum Gasteiger partial charge on any atom is 0.255 e. The van der Waals surface area contributed by atoms with E-state index in [1.54, 1.807) is 30.5 Å². The Morgan fingerprint density at radius 1 is 0.966 bits per heavy atom. The molecular weight excluding hydrogens is 371 g/mol. The Labute approximate surface area is 168 Å². The second-order valence-electron chi connectivity index (χ2n) is 6.61. The molecule has 3 aromatic rings. The molecule has 6 nitrogen and oxygen atoms in total. The molecule has 3 rings (SSSR count). The first-order valence-corrected chi connectivity index (χ1v) is 9.00. The number of halogens is 1. The second-order valence-corrected chi connectivity index (χ2v) is 6.61. The summed E-state index contributed by atoms with van der Waals surface area (Å²) < 4.78 is 13.0. The Kier molecular flexibility index (Phi) is 6.19. The van der Waals surface area contributed by atoms with Gasteiger partial charge in [-0.15, -0.1) is 0 Å². The fraction of sp³-hybridized carbons (Fsp3) is 0.136. The minimum atomic E-state index is -0.411. The Balaban J connectivity index is 1.66. The van der Waals surface area contributed by atoms with Crippen molar-refractivity contribution in [3.05, 3.63) is 89.4 Å². The summed E-state index contributed by atoms with van der Waals surface area (Å²) in [6.45, 7) is 0.326. The maximum atomic E-state index is 13.0. The Morgan fingerprint density at radius 3 is 2.45 bits per heavy atom. The van der Waals surface area contributed by atoms with Crippen LogP contribution in [0.5, 0.6) is 0 Å². The molecule has 0 radical (unpaired) electrons. The van der Waals surface area contributed by atoms with Gasteiger partial charge >= 0.3 is 0 Å². The predicted octanol–water partition coefficient (Wildman–Crippen LogP) is 3.47. The number of anilines is 2. The third-order valence-electron chi connectivity index (χ3n) is 4.22. The van der Waals surface area contributed by atoms with Crippen LogP contribution in [-0.4, -0.2) is 30.9 Å². The van der Waals surface area contributed by atoms with Crippen molar-refractivity contribution in [2.75, 3.05) is 24.3 Å². The summed E-state index contributed by atoms with van der Waals surface area (Å²) in [5.74, 6) is -0.274. The lowest BCUT2D eigenvalue weighted by Gasteiger charge is -2.16. The van der Waals surface area contributed by atoms with Gasteiger partial charge < -0.3 is 15.5 Å². The molecule has 0 spiro atoms. The molecule has 0 unspecified atom stereocenters. The summed E-state index contributed by atoms with van der Waals surface area (Å²) >= 11 is 0. The Bertz CT molecular complexity index is 1020. The predicted molar refractivity (Wildman–Crippen MR) is 111 cm³/mol. The van der Waals surface area contributed by atoms with E-state index >= 15 is 0 Å². The number of hydrogen-bond donors (Lipinski definition) is 2. The third-order valence-corrected chi connectivity index (χ3v) is 4.22. The van der Waals surface area contributed by atoms with E-state index in [-0.39, 0.29) is 11.8 Å². The molecule has 1 heterocycles. The highest BCUT2D eigenvalue weighted by Gasteiger charge is 2.11. The van der Waals surface area contributed by atoms with E-state index in [1.165, 1.54) is 24.3 Å². The summed E-state index contributed by atoms with van der Waals surface area (Å²) in [6.07, 6.45) is 1.70. The minimum absolute atomic E-state index is 0.267. The van der Waals surface area contributed by atoms with Crippen LogP contribution in [0, 0.1) is 5.82 Å². The van der Waals surface area contributed by atoms with Gasteiger partial charge in [0.1, 0.15) is 11.6 Å². The topological polar surface area (TPSA) is 74.3 Å². The van der Waals surface area contributed by atoms with Gasteiger partial charge in [-0.2, -0.15) is 0 Å². The fourth-order valence-electron chi connectivity index (χ4n) is 2.79. The van der Waals surface area contributed by atoms with Gasteiger partial charge in [0.2, 0.25) is 0 Å². The van der Waals surface area contributed by atoms with Crippen LogP contribution >= 0.6 is 0 Å². The van der Waals surface area contributed by atoms with Crippen molar-refractivity contribution >= 4 is 23.3 Å². The van der Waals surface area contributed by atoms with Crippen molar-refractivity contribution in [1.29, 1.82) is 0 Å². The Morgan fingerprint density at radius 2 is 1.72 bits per heavy atom. The van der Waals surface area contributed by atoms with E-state index in [0.717, 1.165) is 11.4 Å². The van der Waals surface area contributed by atoms with Crippen LogP contribution in [0.1, 0.15) is 26.3 Å². The molecule has 0 saturated heterocycles. The molecular formula is C22H21FN4O2. The van der Waals surface area contributed by atoms with Gasteiger partial charge in [-0.3, -0.25) is 9.59 Å². The van der Waals surface area contributed by atoms with Crippen molar-refractivity contribution in [3.63, 3.8) is 0 Å². The van der Waals surface area contributed by atoms with Crippen molar-refractivity contribution in [2.45, 2.75) is 6.54 Å². The number of nitrogens with one attached hydrogen (secondary N) is 2.